The van der Waals surface area contributed by atoms with Gasteiger partial charge in [0.2, 0.25) is 0 Å². The summed E-state index contributed by atoms with van der Waals surface area (Å²) < 4.78 is 32.2. The third-order valence-electron chi connectivity index (χ3n) is 2.95. The summed E-state index contributed by atoms with van der Waals surface area (Å²) in [6.07, 6.45) is 0. The fraction of sp³-hybridized carbons (Fsp3) is 0.143. The number of aryl methyl sites for hydroxylation is 1. The van der Waals surface area contributed by atoms with Crippen LogP contribution in [0.3, 0.4) is 0 Å². The molecular formula is C14H14N2O5S. The number of anilines is 1. The van der Waals surface area contributed by atoms with Gasteiger partial charge in [0.05, 0.1) is 12.0 Å². The fourth-order valence-electron chi connectivity index (χ4n) is 1.82. The molecule has 0 radical (unpaired) electrons. The van der Waals surface area contributed by atoms with Crippen LogP contribution in [0.5, 0.6) is 5.75 Å². The molecule has 22 heavy (non-hydrogen) atoms. The van der Waals surface area contributed by atoms with Gasteiger partial charge >= 0.3 is 0 Å². The number of non-ortho nitro benzene ring substituents is 1. The molecule has 0 unspecified atom stereocenters. The number of sulfonamides is 1. The highest BCUT2D eigenvalue weighted by atomic mass is 32.2. The monoisotopic (exact) mass is 322 g/mol. The second-order valence-electron chi connectivity index (χ2n) is 4.56. The van der Waals surface area contributed by atoms with Crippen molar-refractivity contribution in [2.45, 2.75) is 11.8 Å². The van der Waals surface area contributed by atoms with Crippen molar-refractivity contribution in [1.29, 1.82) is 0 Å². The number of ether oxygens (including phenoxy) is 1. The van der Waals surface area contributed by atoms with Gasteiger partial charge in [0.15, 0.2) is 0 Å². The molecule has 1 N–H and O–H groups in total. The molecule has 8 heteroatoms. The minimum Gasteiger partial charge on any atom is -0.495 e. The van der Waals surface area contributed by atoms with Crippen molar-refractivity contribution < 1.29 is 18.1 Å². The van der Waals surface area contributed by atoms with E-state index in [1.807, 2.05) is 6.92 Å². The van der Waals surface area contributed by atoms with Crippen molar-refractivity contribution in [3.8, 4) is 5.75 Å². The summed E-state index contributed by atoms with van der Waals surface area (Å²) in [4.78, 5) is 9.88. The molecular weight excluding hydrogens is 308 g/mol. The van der Waals surface area contributed by atoms with E-state index in [-0.39, 0.29) is 16.3 Å². The average Bonchev–Trinajstić information content (AvgIpc) is 2.48. The van der Waals surface area contributed by atoms with Crippen molar-refractivity contribution >= 4 is 21.4 Å². The molecule has 0 heterocycles. The number of hydrogen-bond donors (Lipinski definition) is 1. The van der Waals surface area contributed by atoms with Crippen molar-refractivity contribution in [2.75, 3.05) is 11.8 Å². The van der Waals surface area contributed by atoms with Crippen LogP contribution in [0.1, 0.15) is 5.56 Å². The van der Waals surface area contributed by atoms with Crippen molar-refractivity contribution in [3.63, 3.8) is 0 Å². The average molecular weight is 322 g/mol. The molecule has 0 amide bonds. The van der Waals surface area contributed by atoms with Gasteiger partial charge in [0, 0.05) is 17.8 Å². The second kappa shape index (κ2) is 6.02. The molecule has 116 valence electrons. The first kappa shape index (κ1) is 15.8. The van der Waals surface area contributed by atoms with E-state index in [0.717, 1.165) is 11.6 Å². The first-order valence-corrected chi connectivity index (χ1v) is 7.74. The van der Waals surface area contributed by atoms with Gasteiger partial charge in [-0.3, -0.25) is 14.8 Å². The number of nitro benzene ring substituents is 1. The Kier molecular flexibility index (Phi) is 4.32. The zero-order valence-electron chi connectivity index (χ0n) is 11.9. The van der Waals surface area contributed by atoms with Crippen LogP contribution in [0.15, 0.2) is 47.4 Å². The molecule has 0 bridgehead atoms. The van der Waals surface area contributed by atoms with E-state index in [9.17, 15) is 18.5 Å². The van der Waals surface area contributed by atoms with Gasteiger partial charge in [-0.2, -0.15) is 0 Å². The highest BCUT2D eigenvalue weighted by molar-refractivity contribution is 7.92. The van der Waals surface area contributed by atoms with E-state index >= 15 is 0 Å². The summed E-state index contributed by atoms with van der Waals surface area (Å²) in [5.74, 6) is 0.0326. The van der Waals surface area contributed by atoms with Crippen molar-refractivity contribution in [3.05, 3.63) is 58.1 Å². The maximum atomic E-state index is 12.4. The molecule has 0 spiro atoms. The van der Waals surface area contributed by atoms with E-state index in [4.69, 9.17) is 4.74 Å². The number of nitrogens with one attached hydrogen (secondary N) is 1. The lowest BCUT2D eigenvalue weighted by atomic mass is 10.2. The maximum absolute atomic E-state index is 12.4. The normalized spacial score (nSPS) is 11.0. The van der Waals surface area contributed by atoms with Gasteiger partial charge in [-0.05, 0) is 25.1 Å². The molecule has 0 saturated carbocycles. The molecule has 0 aromatic heterocycles. The third kappa shape index (κ3) is 3.34. The Morgan fingerprint density at radius 3 is 2.32 bits per heavy atom. The van der Waals surface area contributed by atoms with E-state index in [2.05, 4.69) is 4.72 Å². The van der Waals surface area contributed by atoms with Crippen molar-refractivity contribution in [2.24, 2.45) is 0 Å². The Morgan fingerprint density at radius 2 is 1.77 bits per heavy atom. The van der Waals surface area contributed by atoms with Crippen LogP contribution in [0, 0.1) is 17.0 Å². The lowest BCUT2D eigenvalue weighted by Crippen LogP contribution is -2.14. The molecule has 0 aliphatic carbocycles. The molecule has 2 aromatic rings. The van der Waals surface area contributed by atoms with Gasteiger partial charge in [-0.25, -0.2) is 8.42 Å². The van der Waals surface area contributed by atoms with E-state index < -0.39 is 14.9 Å². The highest BCUT2D eigenvalue weighted by Gasteiger charge is 2.23. The Bertz CT molecular complexity index is 800. The van der Waals surface area contributed by atoms with Gasteiger partial charge in [-0.1, -0.05) is 17.7 Å². The first-order valence-electron chi connectivity index (χ1n) is 6.25. The summed E-state index contributed by atoms with van der Waals surface area (Å²) in [7, 11) is -2.71. The van der Waals surface area contributed by atoms with Gasteiger partial charge in [0.25, 0.3) is 15.7 Å². The van der Waals surface area contributed by atoms with E-state index in [1.165, 1.54) is 19.2 Å². The Balaban J connectivity index is 2.45. The van der Waals surface area contributed by atoms with Crippen LogP contribution < -0.4 is 9.46 Å². The molecule has 2 rings (SSSR count). The number of methoxy groups -OCH3 is 1. The molecule has 0 aliphatic rings. The number of nitro groups is 1. The number of rotatable bonds is 5. The van der Waals surface area contributed by atoms with Crippen LogP contribution in [-0.2, 0) is 10.0 Å². The molecule has 0 aliphatic heterocycles. The summed E-state index contributed by atoms with van der Waals surface area (Å²) >= 11 is 0. The van der Waals surface area contributed by atoms with E-state index in [0.29, 0.717) is 5.69 Å². The summed E-state index contributed by atoms with van der Waals surface area (Å²) in [5.41, 5.74) is 1.01. The minimum atomic E-state index is -4.00. The number of benzene rings is 2. The summed E-state index contributed by atoms with van der Waals surface area (Å²) in [5, 5.41) is 10.8. The number of hydrogen-bond acceptors (Lipinski definition) is 5. The Hall–Kier alpha value is -2.61. The molecule has 0 saturated heterocycles. The SMILES string of the molecule is COc1ccc([N+](=O)[O-])cc1S(=O)(=O)Nc1ccc(C)cc1. The first-order chi connectivity index (χ1) is 10.3. The standard InChI is InChI=1S/C14H14N2O5S/c1-10-3-5-11(6-4-10)15-22(19,20)14-9-12(16(17)18)7-8-13(14)21-2/h3-9,15H,1-2H3. The van der Waals surface area contributed by atoms with Crippen LogP contribution in [0.2, 0.25) is 0 Å². The Morgan fingerprint density at radius 1 is 1.14 bits per heavy atom. The summed E-state index contributed by atoms with van der Waals surface area (Å²) in [6, 6.07) is 10.1. The predicted octanol–water partition coefficient (Wildman–Crippen LogP) is 2.71. The quantitative estimate of drug-likeness (QED) is 0.674. The lowest BCUT2D eigenvalue weighted by molar-refractivity contribution is -0.385. The van der Waals surface area contributed by atoms with Crippen LogP contribution in [0.25, 0.3) is 0 Å². The van der Waals surface area contributed by atoms with Gasteiger partial charge in [-0.15, -0.1) is 0 Å². The lowest BCUT2D eigenvalue weighted by Gasteiger charge is -2.11. The zero-order chi connectivity index (χ0) is 16.3. The maximum Gasteiger partial charge on any atom is 0.271 e. The molecule has 7 nitrogen and oxygen atoms in total. The van der Waals surface area contributed by atoms with Crippen LogP contribution in [-0.4, -0.2) is 20.5 Å². The molecule has 2 aromatic carbocycles. The zero-order valence-corrected chi connectivity index (χ0v) is 12.8. The smallest absolute Gasteiger partial charge is 0.271 e. The largest absolute Gasteiger partial charge is 0.495 e. The molecule has 0 atom stereocenters. The van der Waals surface area contributed by atoms with Gasteiger partial charge < -0.3 is 4.74 Å². The summed E-state index contributed by atoms with van der Waals surface area (Å²) in [6.45, 7) is 1.88. The van der Waals surface area contributed by atoms with Crippen molar-refractivity contribution in [1.82, 2.24) is 0 Å². The van der Waals surface area contributed by atoms with Crippen LogP contribution >= 0.6 is 0 Å². The third-order valence-corrected chi connectivity index (χ3v) is 4.35. The second-order valence-corrected chi connectivity index (χ2v) is 6.21. The topological polar surface area (TPSA) is 98.5 Å². The van der Waals surface area contributed by atoms with E-state index in [1.54, 1.807) is 24.3 Å². The number of nitrogens with zero attached hydrogens (tertiary/aromatic N) is 1. The minimum absolute atomic E-state index is 0.0326. The Labute approximate surface area is 127 Å². The van der Waals surface area contributed by atoms with Gasteiger partial charge in [0.1, 0.15) is 10.6 Å². The predicted molar refractivity (Wildman–Crippen MR) is 81.6 cm³/mol. The fourth-order valence-corrected chi connectivity index (χ4v) is 3.07. The highest BCUT2D eigenvalue weighted by Crippen LogP contribution is 2.29. The van der Waals surface area contributed by atoms with Crippen LogP contribution in [0.4, 0.5) is 11.4 Å². The molecule has 0 fully saturated rings.